The second-order valence-corrected chi connectivity index (χ2v) is 13.2. The minimum Gasteiger partial charge on any atom is -0.493 e. The SMILES string of the molecule is COc1cc(C(=O)NCC(CCN2CCCN(c3nc4ccccc4n3Cc3ccc(CO)o3)CC2)c2cccs2)c(C)c(OC)c1OC. The van der Waals surface area contributed by atoms with E-state index in [1.54, 1.807) is 38.7 Å². The van der Waals surface area contributed by atoms with Crippen molar-refractivity contribution in [1.29, 1.82) is 0 Å². The quantitative estimate of drug-likeness (QED) is 0.152. The summed E-state index contributed by atoms with van der Waals surface area (Å²) >= 11 is 1.73. The number of aliphatic hydroxyl groups excluding tert-OH is 1. The summed E-state index contributed by atoms with van der Waals surface area (Å²) in [6.07, 6.45) is 1.93. The minimum absolute atomic E-state index is 0.119. The lowest BCUT2D eigenvalue weighted by Crippen LogP contribution is -2.34. The van der Waals surface area contributed by atoms with E-state index in [-0.39, 0.29) is 18.4 Å². The van der Waals surface area contributed by atoms with Crippen LogP contribution >= 0.6 is 11.3 Å². The second kappa shape index (κ2) is 15.8. The number of nitrogens with zero attached hydrogens (tertiary/aromatic N) is 4. The Morgan fingerprint density at radius 2 is 1.82 bits per heavy atom. The van der Waals surface area contributed by atoms with Crippen molar-refractivity contribution in [3.8, 4) is 17.2 Å². The van der Waals surface area contributed by atoms with Crippen molar-refractivity contribution in [3.05, 3.63) is 87.5 Å². The van der Waals surface area contributed by atoms with Crippen LogP contribution in [0, 0.1) is 6.92 Å². The van der Waals surface area contributed by atoms with Gasteiger partial charge in [-0.3, -0.25) is 4.79 Å². The maximum atomic E-state index is 13.5. The summed E-state index contributed by atoms with van der Waals surface area (Å²) in [5.41, 5.74) is 3.21. The van der Waals surface area contributed by atoms with Crippen LogP contribution in [0.3, 0.4) is 0 Å². The van der Waals surface area contributed by atoms with Gasteiger partial charge in [0.25, 0.3) is 5.91 Å². The molecule has 1 amide bonds. The molecule has 0 radical (unpaired) electrons. The number of amides is 1. The van der Waals surface area contributed by atoms with Crippen LogP contribution in [0.15, 0.2) is 64.4 Å². The fourth-order valence-electron chi connectivity index (χ4n) is 6.66. The highest BCUT2D eigenvalue weighted by atomic mass is 32.1. The number of carbonyl (C=O) groups is 1. The van der Waals surface area contributed by atoms with Crippen LogP contribution in [0.1, 0.15) is 51.1 Å². The highest BCUT2D eigenvalue weighted by molar-refractivity contribution is 7.10. The van der Waals surface area contributed by atoms with Crippen LogP contribution in [-0.2, 0) is 13.2 Å². The molecule has 49 heavy (non-hydrogen) atoms. The highest BCUT2D eigenvalue weighted by Crippen LogP contribution is 2.41. The number of methoxy groups -OCH3 is 3. The Labute approximate surface area is 291 Å². The number of thiophene rings is 1. The van der Waals surface area contributed by atoms with Gasteiger partial charge in [-0.2, -0.15) is 0 Å². The van der Waals surface area contributed by atoms with Crippen LogP contribution < -0.4 is 24.4 Å². The van der Waals surface area contributed by atoms with Crippen LogP contribution in [0.25, 0.3) is 11.0 Å². The summed E-state index contributed by atoms with van der Waals surface area (Å²) in [4.78, 5) is 24.7. The van der Waals surface area contributed by atoms with Crippen molar-refractivity contribution in [3.63, 3.8) is 0 Å². The third kappa shape index (κ3) is 7.56. The lowest BCUT2D eigenvalue weighted by atomic mass is 10.0. The van der Waals surface area contributed by atoms with E-state index in [1.807, 2.05) is 37.3 Å². The van der Waals surface area contributed by atoms with Crippen molar-refractivity contribution in [1.82, 2.24) is 19.8 Å². The number of aromatic nitrogens is 2. The summed E-state index contributed by atoms with van der Waals surface area (Å²) in [5.74, 6) is 3.70. The van der Waals surface area contributed by atoms with E-state index in [0.29, 0.717) is 47.2 Å². The number of imidazole rings is 1. The van der Waals surface area contributed by atoms with Crippen molar-refractivity contribution in [2.24, 2.45) is 0 Å². The van der Waals surface area contributed by atoms with Crippen molar-refractivity contribution >= 4 is 34.2 Å². The number of hydrogen-bond donors (Lipinski definition) is 2. The number of fused-ring (bicyclic) bond motifs is 1. The van der Waals surface area contributed by atoms with Crippen molar-refractivity contribution in [2.75, 3.05) is 65.5 Å². The second-order valence-electron chi connectivity index (χ2n) is 12.2. The standard InChI is InChI=1S/C37H45N5O6S/c1-25-29(21-32(45-2)35(47-4)34(25)46-3)36(44)38-22-26(33-11-7-20-49-33)14-17-40-15-8-16-41(19-18-40)37-39-30-9-5-6-10-31(30)42(37)23-27-12-13-28(24-43)48-27/h5-7,9-13,20-21,26,43H,8,14-19,22-24H2,1-4H3,(H,38,44). The Balaban J connectivity index is 1.12. The molecule has 1 saturated heterocycles. The average Bonchev–Trinajstić information content (AvgIpc) is 3.86. The molecular weight excluding hydrogens is 643 g/mol. The van der Waals surface area contributed by atoms with Crippen molar-refractivity contribution in [2.45, 2.75) is 38.8 Å². The molecule has 0 bridgehead atoms. The molecule has 2 N–H and O–H groups in total. The Bertz CT molecular complexity index is 1850. The van der Waals surface area contributed by atoms with E-state index in [0.717, 1.165) is 68.3 Å². The molecule has 4 heterocycles. The zero-order chi connectivity index (χ0) is 34.3. The van der Waals surface area contributed by atoms with Crippen LogP contribution in [0.2, 0.25) is 0 Å². The first kappa shape index (κ1) is 34.3. The molecule has 0 spiro atoms. The Kier molecular flexibility index (Phi) is 11.1. The summed E-state index contributed by atoms with van der Waals surface area (Å²) in [6, 6.07) is 17.9. The number of para-hydroxylation sites is 2. The van der Waals surface area contributed by atoms with E-state index in [2.05, 4.69) is 43.3 Å². The van der Waals surface area contributed by atoms with Gasteiger partial charge in [-0.15, -0.1) is 11.3 Å². The highest BCUT2D eigenvalue weighted by Gasteiger charge is 2.25. The molecule has 1 aliphatic heterocycles. The first-order valence-corrected chi connectivity index (χ1v) is 17.5. The third-order valence-corrected chi connectivity index (χ3v) is 10.3. The molecule has 12 heteroatoms. The van der Waals surface area contributed by atoms with Crippen molar-refractivity contribution < 1.29 is 28.5 Å². The zero-order valence-electron chi connectivity index (χ0n) is 28.6. The molecule has 5 aromatic rings. The number of furan rings is 1. The molecule has 260 valence electrons. The van der Waals surface area contributed by atoms with Crippen LogP contribution in [-0.4, -0.2) is 86.1 Å². The monoisotopic (exact) mass is 687 g/mol. The fraction of sp³-hybridized carbons (Fsp3) is 0.405. The van der Waals surface area contributed by atoms with E-state index < -0.39 is 0 Å². The number of aliphatic hydroxyl groups is 1. The minimum atomic E-state index is -0.172. The molecule has 1 unspecified atom stereocenters. The Hall–Kier alpha value is -4.52. The molecule has 11 nitrogen and oxygen atoms in total. The zero-order valence-corrected chi connectivity index (χ0v) is 29.4. The number of ether oxygens (including phenoxy) is 3. The summed E-state index contributed by atoms with van der Waals surface area (Å²) in [6.45, 7) is 7.37. The number of rotatable bonds is 14. The molecule has 1 fully saturated rings. The fourth-order valence-corrected chi connectivity index (χ4v) is 7.52. The number of benzene rings is 2. The van der Waals surface area contributed by atoms with Gasteiger partial charge in [0.2, 0.25) is 11.7 Å². The maximum absolute atomic E-state index is 13.5. The molecular formula is C37H45N5O6S. The van der Waals surface area contributed by atoms with Crippen LogP contribution in [0.5, 0.6) is 17.2 Å². The van der Waals surface area contributed by atoms with Gasteiger partial charge in [0.15, 0.2) is 11.5 Å². The predicted octanol–water partition coefficient (Wildman–Crippen LogP) is 5.68. The topological polar surface area (TPSA) is 114 Å². The first-order valence-electron chi connectivity index (χ1n) is 16.7. The van der Waals surface area contributed by atoms with E-state index >= 15 is 0 Å². The molecule has 2 aromatic carbocycles. The summed E-state index contributed by atoms with van der Waals surface area (Å²) in [5, 5.41) is 14.8. The molecule has 0 aliphatic carbocycles. The van der Waals surface area contributed by atoms with E-state index in [1.165, 1.54) is 4.88 Å². The third-order valence-electron chi connectivity index (χ3n) is 9.26. The first-order chi connectivity index (χ1) is 23.9. The number of hydrogen-bond acceptors (Lipinski definition) is 10. The Morgan fingerprint density at radius 1 is 1.00 bits per heavy atom. The van der Waals surface area contributed by atoms with Gasteiger partial charge in [0.1, 0.15) is 18.1 Å². The van der Waals surface area contributed by atoms with Gasteiger partial charge in [-0.25, -0.2) is 4.98 Å². The largest absolute Gasteiger partial charge is 0.493 e. The maximum Gasteiger partial charge on any atom is 0.251 e. The molecule has 0 saturated carbocycles. The van der Waals surface area contributed by atoms with Gasteiger partial charge >= 0.3 is 0 Å². The Morgan fingerprint density at radius 3 is 2.55 bits per heavy atom. The van der Waals surface area contributed by atoms with Gasteiger partial charge in [-0.05, 0) is 74.6 Å². The van der Waals surface area contributed by atoms with E-state index in [9.17, 15) is 9.90 Å². The van der Waals surface area contributed by atoms with Gasteiger partial charge in [0.05, 0.1) is 38.9 Å². The summed E-state index contributed by atoms with van der Waals surface area (Å²) in [7, 11) is 4.67. The lowest BCUT2D eigenvalue weighted by molar-refractivity contribution is 0.0948. The molecule has 6 rings (SSSR count). The van der Waals surface area contributed by atoms with Gasteiger partial charge in [-0.1, -0.05) is 18.2 Å². The van der Waals surface area contributed by atoms with Crippen LogP contribution in [0.4, 0.5) is 5.95 Å². The van der Waals surface area contributed by atoms with Gasteiger partial charge in [0, 0.05) is 48.1 Å². The molecule has 3 aromatic heterocycles. The molecule has 1 aliphatic rings. The molecule has 1 atom stereocenters. The van der Waals surface area contributed by atoms with Gasteiger partial charge < -0.3 is 43.4 Å². The predicted molar refractivity (Wildman–Crippen MR) is 192 cm³/mol. The lowest BCUT2D eigenvalue weighted by Gasteiger charge is -2.25. The number of anilines is 1. The number of carbonyl (C=O) groups excluding carboxylic acids is 1. The average molecular weight is 688 g/mol. The normalized spacial score (nSPS) is 14.5. The van der Waals surface area contributed by atoms with E-state index in [4.69, 9.17) is 23.6 Å². The summed E-state index contributed by atoms with van der Waals surface area (Å²) < 4.78 is 24.7. The smallest absolute Gasteiger partial charge is 0.251 e. The number of nitrogens with one attached hydrogen (secondary N) is 1.